The number of aromatic nitrogens is 2. The minimum atomic E-state index is 0.644. The summed E-state index contributed by atoms with van der Waals surface area (Å²) in [6.45, 7) is 2.03. The Morgan fingerprint density at radius 1 is 0.492 bits per heavy atom. The SMILES string of the molecule is C/C=C\C=C/c1cc2cc(-c3ccc4c(c3)c3ccccc3n4-c3ccccc3)ccc2n1/C(N)=C/C(=C\Cc1ccc(-c2ccccc2)cc1)c1ccc(-c2ccccc2)cc1. The molecule has 0 bridgehead atoms. The second kappa shape index (κ2) is 17.5. The lowest BCUT2D eigenvalue weighted by Crippen LogP contribution is -2.08. The molecule has 0 amide bonds. The maximum Gasteiger partial charge on any atom is 0.108 e. The van der Waals surface area contributed by atoms with Gasteiger partial charge in [-0.15, -0.1) is 0 Å². The predicted molar refractivity (Wildman–Crippen MR) is 269 cm³/mol. The minimum absolute atomic E-state index is 0.644. The number of hydrogen-bond donors (Lipinski definition) is 1. The van der Waals surface area contributed by atoms with Gasteiger partial charge in [0.05, 0.1) is 16.6 Å². The van der Waals surface area contributed by atoms with E-state index in [1.54, 1.807) is 0 Å². The molecule has 2 aromatic heterocycles. The molecule has 0 radical (unpaired) electrons. The summed E-state index contributed by atoms with van der Waals surface area (Å²) in [5, 5.41) is 3.59. The van der Waals surface area contributed by atoms with Crippen LogP contribution in [-0.4, -0.2) is 9.13 Å². The number of fused-ring (bicyclic) bond motifs is 4. The number of hydrogen-bond acceptors (Lipinski definition) is 1. The van der Waals surface area contributed by atoms with Gasteiger partial charge in [-0.25, -0.2) is 0 Å². The number of para-hydroxylation sites is 2. The van der Waals surface area contributed by atoms with Crippen molar-refractivity contribution in [3.63, 3.8) is 0 Å². The third-order valence-corrected chi connectivity index (χ3v) is 11.9. The molecule has 0 fully saturated rings. The second-order valence-electron chi connectivity index (χ2n) is 15.9. The highest BCUT2D eigenvalue weighted by Gasteiger charge is 2.15. The fraction of sp³-hybridized carbons (Fsp3) is 0.0333. The Bertz CT molecular complexity index is 3320. The van der Waals surface area contributed by atoms with E-state index in [1.807, 2.05) is 13.0 Å². The summed E-state index contributed by atoms with van der Waals surface area (Å²) in [5.74, 6) is 0.644. The van der Waals surface area contributed by atoms with E-state index in [1.165, 1.54) is 55.2 Å². The van der Waals surface area contributed by atoms with Crippen LogP contribution in [0.1, 0.15) is 23.7 Å². The van der Waals surface area contributed by atoms with E-state index in [9.17, 15) is 0 Å². The number of rotatable bonds is 11. The normalized spacial score (nSPS) is 12.4. The van der Waals surface area contributed by atoms with E-state index in [-0.39, 0.29) is 0 Å². The van der Waals surface area contributed by atoms with Crippen molar-refractivity contribution in [1.82, 2.24) is 9.13 Å². The molecule has 0 atom stereocenters. The van der Waals surface area contributed by atoms with Gasteiger partial charge in [0, 0.05) is 27.5 Å². The van der Waals surface area contributed by atoms with Gasteiger partial charge in [-0.2, -0.15) is 0 Å². The van der Waals surface area contributed by atoms with Crippen LogP contribution >= 0.6 is 0 Å². The van der Waals surface area contributed by atoms with Gasteiger partial charge in [-0.05, 0) is 124 Å². The van der Waals surface area contributed by atoms with Crippen LogP contribution in [0.5, 0.6) is 0 Å². The quantitative estimate of drug-likeness (QED) is 0.130. The first-order valence-corrected chi connectivity index (χ1v) is 21.6. The number of allylic oxidation sites excluding steroid dienone is 6. The Balaban J connectivity index is 1.04. The second-order valence-corrected chi connectivity index (χ2v) is 15.9. The molecule has 0 aliphatic rings. The molecule has 10 rings (SSSR count). The molecule has 0 saturated heterocycles. The van der Waals surface area contributed by atoms with E-state index in [4.69, 9.17) is 5.73 Å². The van der Waals surface area contributed by atoms with Gasteiger partial charge >= 0.3 is 0 Å². The molecule has 63 heavy (non-hydrogen) atoms. The zero-order chi connectivity index (χ0) is 42.5. The highest BCUT2D eigenvalue weighted by molar-refractivity contribution is 6.10. The van der Waals surface area contributed by atoms with E-state index in [2.05, 4.69) is 246 Å². The van der Waals surface area contributed by atoms with Crippen LogP contribution in [0.25, 0.3) is 89.2 Å². The molecule has 0 saturated carbocycles. The maximum absolute atomic E-state index is 7.27. The summed E-state index contributed by atoms with van der Waals surface area (Å²) in [5.41, 5.74) is 23.4. The molecule has 0 spiro atoms. The van der Waals surface area contributed by atoms with Gasteiger partial charge in [0.15, 0.2) is 0 Å². The largest absolute Gasteiger partial charge is 0.385 e. The minimum Gasteiger partial charge on any atom is -0.385 e. The Labute approximate surface area is 369 Å². The standard InChI is InChI=1S/C60H47N3/c1-2-3-7-22-54-40-52-39-49(50-36-38-59-56(41-50)55-23-14-15-24-58(55)62(59)53-20-12-6-13-21-53)35-37-57(52)63(54)60(61)42-51(48-33-31-47(32-34-48)45-18-10-5-11-19-45)30-27-43-25-28-46(29-26-43)44-16-8-4-9-17-44/h2-26,28-42H,27,61H2,1H3/b3-2-,22-7-,51-30+,60-42+. The van der Waals surface area contributed by atoms with Crippen LogP contribution in [-0.2, 0) is 6.42 Å². The number of nitrogens with two attached hydrogens (primary N) is 1. The highest BCUT2D eigenvalue weighted by Crippen LogP contribution is 2.37. The molecule has 3 nitrogen and oxygen atoms in total. The third-order valence-electron chi connectivity index (χ3n) is 11.9. The predicted octanol–water partition coefficient (Wildman–Crippen LogP) is 15.4. The monoisotopic (exact) mass is 809 g/mol. The molecule has 2 N–H and O–H groups in total. The Morgan fingerprint density at radius 2 is 1.05 bits per heavy atom. The summed E-state index contributed by atoms with van der Waals surface area (Å²) in [7, 11) is 0. The van der Waals surface area contributed by atoms with Gasteiger partial charge < -0.3 is 10.3 Å². The van der Waals surface area contributed by atoms with Crippen LogP contribution in [0.3, 0.4) is 0 Å². The Morgan fingerprint density at radius 3 is 1.73 bits per heavy atom. The molecule has 0 aliphatic heterocycles. The highest BCUT2D eigenvalue weighted by atomic mass is 15.1. The first-order valence-electron chi connectivity index (χ1n) is 21.6. The van der Waals surface area contributed by atoms with Crippen molar-refractivity contribution >= 4 is 50.2 Å². The van der Waals surface area contributed by atoms with Crippen molar-refractivity contribution in [2.45, 2.75) is 13.3 Å². The molecule has 302 valence electrons. The molecule has 0 aliphatic carbocycles. The Kier molecular flexibility index (Phi) is 10.8. The van der Waals surface area contributed by atoms with Crippen LogP contribution in [0, 0.1) is 0 Å². The third kappa shape index (κ3) is 7.96. The summed E-state index contributed by atoms with van der Waals surface area (Å²) in [6.07, 6.45) is 13.5. The zero-order valence-corrected chi connectivity index (χ0v) is 35.3. The van der Waals surface area contributed by atoms with Crippen LogP contribution < -0.4 is 5.73 Å². The fourth-order valence-corrected chi connectivity index (χ4v) is 8.76. The van der Waals surface area contributed by atoms with Gasteiger partial charge in [-0.3, -0.25) is 4.57 Å². The topological polar surface area (TPSA) is 35.9 Å². The summed E-state index contributed by atoms with van der Waals surface area (Å²) in [4.78, 5) is 0. The lowest BCUT2D eigenvalue weighted by molar-refractivity contribution is 1.11. The van der Waals surface area contributed by atoms with Crippen molar-refractivity contribution in [1.29, 1.82) is 0 Å². The maximum atomic E-state index is 7.27. The van der Waals surface area contributed by atoms with Gasteiger partial charge in [0.25, 0.3) is 0 Å². The molecular weight excluding hydrogens is 763 g/mol. The first kappa shape index (κ1) is 39.0. The first-order chi connectivity index (χ1) is 31.1. The smallest absolute Gasteiger partial charge is 0.108 e. The van der Waals surface area contributed by atoms with Crippen LogP contribution in [0.4, 0.5) is 0 Å². The molecule has 0 unspecified atom stereocenters. The molecule has 3 heteroatoms. The number of nitrogens with zero attached hydrogens (tertiary/aromatic N) is 2. The zero-order valence-electron chi connectivity index (χ0n) is 35.3. The van der Waals surface area contributed by atoms with E-state index < -0.39 is 0 Å². The molecule has 10 aromatic rings. The summed E-state index contributed by atoms with van der Waals surface area (Å²) >= 11 is 0. The van der Waals surface area contributed by atoms with Gasteiger partial charge in [0.2, 0.25) is 0 Å². The fourth-order valence-electron chi connectivity index (χ4n) is 8.76. The van der Waals surface area contributed by atoms with E-state index >= 15 is 0 Å². The molecular formula is C60H47N3. The van der Waals surface area contributed by atoms with Crippen molar-refractivity contribution in [2.24, 2.45) is 5.73 Å². The van der Waals surface area contributed by atoms with E-state index in [0.29, 0.717) is 5.82 Å². The molecule has 2 heterocycles. The Hall–Kier alpha value is -8.14. The van der Waals surface area contributed by atoms with Crippen LogP contribution in [0.2, 0.25) is 0 Å². The average molecular weight is 810 g/mol. The van der Waals surface area contributed by atoms with Crippen molar-refractivity contribution in [3.05, 3.63) is 253 Å². The van der Waals surface area contributed by atoms with Crippen molar-refractivity contribution < 1.29 is 0 Å². The lowest BCUT2D eigenvalue weighted by atomic mass is 9.98. The van der Waals surface area contributed by atoms with E-state index in [0.717, 1.165) is 45.4 Å². The van der Waals surface area contributed by atoms with Crippen molar-refractivity contribution in [3.8, 4) is 39.1 Å². The molecule has 8 aromatic carbocycles. The van der Waals surface area contributed by atoms with Gasteiger partial charge in [0.1, 0.15) is 5.82 Å². The van der Waals surface area contributed by atoms with Gasteiger partial charge in [-0.1, -0.05) is 182 Å². The average Bonchev–Trinajstić information content (AvgIpc) is 3.89. The summed E-state index contributed by atoms with van der Waals surface area (Å²) in [6, 6.07) is 73.8. The lowest BCUT2D eigenvalue weighted by Gasteiger charge is -2.13. The number of benzene rings is 8. The summed E-state index contributed by atoms with van der Waals surface area (Å²) < 4.78 is 4.54. The van der Waals surface area contributed by atoms with Crippen molar-refractivity contribution in [2.75, 3.05) is 0 Å². The van der Waals surface area contributed by atoms with Crippen LogP contribution in [0.15, 0.2) is 237 Å².